The second-order valence-corrected chi connectivity index (χ2v) is 5.76. The van der Waals surface area contributed by atoms with E-state index in [4.69, 9.17) is 0 Å². The third-order valence-electron chi connectivity index (χ3n) is 3.67. The fourth-order valence-corrected chi connectivity index (χ4v) is 3.06. The van der Waals surface area contributed by atoms with Crippen molar-refractivity contribution in [3.63, 3.8) is 0 Å². The van der Waals surface area contributed by atoms with Crippen molar-refractivity contribution in [3.8, 4) is 0 Å². The zero-order valence-electron chi connectivity index (χ0n) is 14.7. The van der Waals surface area contributed by atoms with E-state index in [1.54, 1.807) is 0 Å². The number of imidazole rings is 1. The van der Waals surface area contributed by atoms with Crippen molar-refractivity contribution < 1.29 is 0 Å². The number of hydrogen-bond acceptors (Lipinski definition) is 2. The highest BCUT2D eigenvalue weighted by Crippen LogP contribution is 2.45. The van der Waals surface area contributed by atoms with Crippen LogP contribution in [0.15, 0.2) is 22.7 Å². The van der Waals surface area contributed by atoms with Gasteiger partial charge in [-0.3, -0.25) is 0 Å². The normalized spacial score (nSPS) is 24.0. The molecule has 2 aliphatic rings. The van der Waals surface area contributed by atoms with Crippen LogP contribution in [-0.4, -0.2) is 16.0 Å². The molecule has 1 aromatic carbocycles. The van der Waals surface area contributed by atoms with Gasteiger partial charge in [-0.05, 0) is 37.0 Å². The molecule has 3 unspecified atom stereocenters. The summed E-state index contributed by atoms with van der Waals surface area (Å²) in [6.45, 7) is 12.0. The first-order valence-corrected chi connectivity index (χ1v) is 9.50. The number of piperidine rings is 1. The van der Waals surface area contributed by atoms with Crippen molar-refractivity contribution in [2.75, 3.05) is 0 Å². The van der Waals surface area contributed by atoms with Gasteiger partial charge in [-0.15, -0.1) is 0 Å². The third-order valence-corrected chi connectivity index (χ3v) is 4.16. The summed E-state index contributed by atoms with van der Waals surface area (Å²) in [6.07, 6.45) is 2.61. The Hall–Kier alpha value is -0.870. The lowest BCUT2D eigenvalue weighted by atomic mass is 10.2. The fourth-order valence-electron chi connectivity index (χ4n) is 2.70. The Morgan fingerprint density at radius 1 is 1.05 bits per heavy atom. The molecule has 0 bridgehead atoms. The summed E-state index contributed by atoms with van der Waals surface area (Å²) in [5.74, 6) is 2.00. The van der Waals surface area contributed by atoms with Crippen molar-refractivity contribution in [2.45, 2.75) is 66.5 Å². The van der Waals surface area contributed by atoms with E-state index >= 15 is 0 Å². The van der Waals surface area contributed by atoms with E-state index in [0.29, 0.717) is 6.04 Å². The molecule has 3 nitrogen and oxygen atoms in total. The first-order valence-electron chi connectivity index (χ1n) is 8.71. The standard InChI is InChI=1S/C12H12BrN3.3C2H6/c13-7-1-2-8-10(5-7)16-12(15-8)11-4-6-3-9(6)14-11;3*1-2/h1-2,5-6,9,11,14H,3-4H2,(H,15,16);3*1-2H3. The van der Waals surface area contributed by atoms with Crippen LogP contribution in [0.5, 0.6) is 0 Å². The van der Waals surface area contributed by atoms with Crippen LogP contribution in [-0.2, 0) is 0 Å². The maximum atomic E-state index is 4.65. The number of benzene rings is 1. The van der Waals surface area contributed by atoms with E-state index in [-0.39, 0.29) is 0 Å². The van der Waals surface area contributed by atoms with Gasteiger partial charge < -0.3 is 10.3 Å². The predicted octanol–water partition coefficient (Wildman–Crippen LogP) is 5.83. The maximum absolute atomic E-state index is 4.65. The van der Waals surface area contributed by atoms with Crippen molar-refractivity contribution in [1.82, 2.24) is 15.3 Å². The van der Waals surface area contributed by atoms with Gasteiger partial charge in [0.15, 0.2) is 0 Å². The Bertz CT molecular complexity index is 554. The summed E-state index contributed by atoms with van der Waals surface area (Å²) in [5.41, 5.74) is 2.17. The number of fused-ring (bicyclic) bond motifs is 2. The highest BCUT2D eigenvalue weighted by molar-refractivity contribution is 9.10. The number of rotatable bonds is 1. The van der Waals surface area contributed by atoms with Crippen molar-refractivity contribution in [3.05, 3.63) is 28.5 Å². The zero-order chi connectivity index (χ0) is 16.7. The second kappa shape index (κ2) is 9.31. The molecule has 4 heteroatoms. The summed E-state index contributed by atoms with van der Waals surface area (Å²) >= 11 is 3.48. The molecule has 1 saturated carbocycles. The summed E-state index contributed by atoms with van der Waals surface area (Å²) in [7, 11) is 0. The lowest BCUT2D eigenvalue weighted by molar-refractivity contribution is 0.544. The van der Waals surface area contributed by atoms with Gasteiger partial charge >= 0.3 is 0 Å². The molecule has 0 radical (unpaired) electrons. The van der Waals surface area contributed by atoms with E-state index in [1.807, 2.05) is 47.6 Å². The van der Waals surface area contributed by atoms with Crippen LogP contribution in [0.1, 0.15) is 66.3 Å². The minimum absolute atomic E-state index is 0.440. The van der Waals surface area contributed by atoms with Crippen LogP contribution in [0.25, 0.3) is 11.0 Å². The average molecular weight is 368 g/mol. The van der Waals surface area contributed by atoms with Crippen molar-refractivity contribution in [1.29, 1.82) is 0 Å². The molecule has 124 valence electrons. The van der Waals surface area contributed by atoms with Crippen LogP contribution in [0.3, 0.4) is 0 Å². The molecule has 22 heavy (non-hydrogen) atoms. The van der Waals surface area contributed by atoms with E-state index < -0.39 is 0 Å². The Morgan fingerprint density at radius 3 is 2.32 bits per heavy atom. The molecule has 2 N–H and O–H groups in total. The molecule has 2 heterocycles. The van der Waals surface area contributed by atoms with E-state index in [9.17, 15) is 0 Å². The van der Waals surface area contributed by atoms with E-state index in [2.05, 4.69) is 43.3 Å². The lowest BCUT2D eigenvalue weighted by Crippen LogP contribution is -2.18. The number of halogens is 1. The number of hydrogen-bond donors (Lipinski definition) is 2. The van der Waals surface area contributed by atoms with Crippen molar-refractivity contribution in [2.24, 2.45) is 5.92 Å². The Balaban J connectivity index is 0.000000365. The quantitative estimate of drug-likeness (QED) is 0.665. The van der Waals surface area contributed by atoms with Gasteiger partial charge in [0.2, 0.25) is 0 Å². The van der Waals surface area contributed by atoms with Gasteiger partial charge in [-0.25, -0.2) is 4.98 Å². The van der Waals surface area contributed by atoms with Crippen LogP contribution >= 0.6 is 15.9 Å². The van der Waals surface area contributed by atoms with Gasteiger partial charge in [0.1, 0.15) is 5.82 Å². The molecule has 2 fully saturated rings. The van der Waals surface area contributed by atoms with Gasteiger partial charge in [0.25, 0.3) is 0 Å². The molecule has 1 saturated heterocycles. The average Bonchev–Trinajstić information content (AvgIpc) is 3.02. The molecular weight excluding hydrogens is 338 g/mol. The third kappa shape index (κ3) is 4.32. The molecule has 2 aromatic rings. The number of aromatic amines is 1. The largest absolute Gasteiger partial charge is 0.341 e. The minimum Gasteiger partial charge on any atom is -0.341 e. The zero-order valence-corrected chi connectivity index (χ0v) is 16.3. The molecule has 1 aliphatic carbocycles. The molecule has 1 aliphatic heterocycles. The topological polar surface area (TPSA) is 40.7 Å². The summed E-state index contributed by atoms with van der Waals surface area (Å²) < 4.78 is 1.09. The van der Waals surface area contributed by atoms with Crippen LogP contribution in [0, 0.1) is 5.92 Å². The van der Waals surface area contributed by atoms with Crippen molar-refractivity contribution >= 4 is 27.0 Å². The summed E-state index contributed by atoms with van der Waals surface area (Å²) in [6, 6.07) is 7.38. The first kappa shape index (κ1) is 19.2. The van der Waals surface area contributed by atoms with E-state index in [0.717, 1.165) is 33.3 Å². The highest BCUT2D eigenvalue weighted by Gasteiger charge is 2.46. The molecule has 3 atom stereocenters. The van der Waals surface area contributed by atoms with Crippen LogP contribution in [0.2, 0.25) is 0 Å². The second-order valence-electron chi connectivity index (χ2n) is 4.84. The fraction of sp³-hybridized carbons (Fsp3) is 0.611. The minimum atomic E-state index is 0.440. The number of aromatic nitrogens is 2. The number of nitrogens with one attached hydrogen (secondary N) is 2. The molecule has 0 amide bonds. The van der Waals surface area contributed by atoms with Gasteiger partial charge in [0.05, 0.1) is 17.1 Å². The molecule has 0 spiro atoms. The predicted molar refractivity (Wildman–Crippen MR) is 100 cm³/mol. The Morgan fingerprint density at radius 2 is 1.73 bits per heavy atom. The highest BCUT2D eigenvalue weighted by atomic mass is 79.9. The lowest BCUT2D eigenvalue weighted by Gasteiger charge is -2.08. The van der Waals surface area contributed by atoms with Gasteiger partial charge in [-0.2, -0.15) is 0 Å². The van der Waals surface area contributed by atoms with Crippen LogP contribution < -0.4 is 5.32 Å². The Kier molecular flexibility index (Phi) is 8.12. The Labute approximate surface area is 143 Å². The van der Waals surface area contributed by atoms with E-state index in [1.165, 1.54) is 12.8 Å². The monoisotopic (exact) mass is 367 g/mol. The van der Waals surface area contributed by atoms with Gasteiger partial charge in [0, 0.05) is 10.5 Å². The molecule has 4 rings (SSSR count). The smallest absolute Gasteiger partial charge is 0.124 e. The number of nitrogens with zero attached hydrogens (tertiary/aromatic N) is 1. The molecule has 1 aromatic heterocycles. The maximum Gasteiger partial charge on any atom is 0.124 e. The molecular formula is C18H30BrN3. The van der Waals surface area contributed by atoms with Crippen LogP contribution in [0.4, 0.5) is 0 Å². The first-order chi connectivity index (χ1) is 10.8. The summed E-state index contributed by atoms with van der Waals surface area (Å²) in [4.78, 5) is 8.07. The SMILES string of the molecule is Brc1ccc2nc(C3CC4CC4N3)[nH]c2c1.CC.CC.CC. The number of H-pyrrole nitrogens is 1. The van der Waals surface area contributed by atoms with Gasteiger partial charge in [-0.1, -0.05) is 57.5 Å². The summed E-state index contributed by atoms with van der Waals surface area (Å²) in [5, 5.41) is 3.61.